The normalized spacial score (nSPS) is 14.1. The second kappa shape index (κ2) is 14.4. The molecule has 9 heteroatoms. The molecule has 0 bridgehead atoms. The van der Waals surface area contributed by atoms with Crippen LogP contribution in [-0.4, -0.2) is 50.0 Å². The van der Waals surface area contributed by atoms with Crippen LogP contribution in [-0.2, 0) is 31.6 Å². The topological polar surface area (TPSA) is 131 Å². The standard InChI is InChI=1S/C33H52O4.H4O3P2/c1-28(2,3)22-13-15-24(26(17-22)30(7,8)9)33(37,32(19-34,20-35)21-36)25-16-14-23(29(4,5)6)18-27(25)31(10,11)12;1-4-3-5-2/h13-18,34-37H,19-21H2,1-12H3;1-2,4-5H. The van der Waals surface area contributed by atoms with Crippen molar-refractivity contribution in [2.45, 2.75) is 110 Å². The van der Waals surface area contributed by atoms with Crippen LogP contribution in [0.15, 0.2) is 36.4 Å². The van der Waals surface area contributed by atoms with Crippen LogP contribution in [0.2, 0.25) is 0 Å². The zero-order valence-corrected chi connectivity index (χ0v) is 29.7. The lowest BCUT2D eigenvalue weighted by molar-refractivity contribution is -0.137. The summed E-state index contributed by atoms with van der Waals surface area (Å²) in [5.74, 6) is 0. The first-order valence-corrected chi connectivity index (χ1v) is 16.0. The van der Waals surface area contributed by atoms with Crippen LogP contribution >= 0.6 is 18.1 Å². The third-order valence-corrected chi connectivity index (χ3v) is 8.66. The molecule has 0 aliphatic rings. The second-order valence-corrected chi connectivity index (χ2v) is 16.5. The van der Waals surface area contributed by atoms with Gasteiger partial charge >= 0.3 is 0 Å². The van der Waals surface area contributed by atoms with Crippen LogP contribution in [0.1, 0.15) is 116 Å². The molecule has 0 aliphatic heterocycles. The van der Waals surface area contributed by atoms with Crippen molar-refractivity contribution in [1.82, 2.24) is 0 Å². The van der Waals surface area contributed by atoms with Gasteiger partial charge < -0.3 is 30.2 Å². The number of aliphatic hydroxyl groups is 4. The highest BCUT2D eigenvalue weighted by Crippen LogP contribution is 2.51. The second-order valence-electron chi connectivity index (χ2n) is 15.3. The van der Waals surface area contributed by atoms with Gasteiger partial charge in [0.05, 0.1) is 25.2 Å². The van der Waals surface area contributed by atoms with Gasteiger partial charge in [-0.05, 0) is 55.0 Å². The van der Waals surface area contributed by atoms with Gasteiger partial charge in [-0.2, -0.15) is 0 Å². The average Bonchev–Trinajstić information content (AvgIpc) is 2.88. The van der Waals surface area contributed by atoms with Gasteiger partial charge in [-0.15, -0.1) is 0 Å². The summed E-state index contributed by atoms with van der Waals surface area (Å²) in [7, 11) is -1.16. The molecule has 0 fully saturated rings. The van der Waals surface area contributed by atoms with Crippen molar-refractivity contribution in [3.05, 3.63) is 69.8 Å². The maximum Gasteiger partial charge on any atom is 0.158 e. The number of hydrogen-bond acceptors (Lipinski definition) is 7. The van der Waals surface area contributed by atoms with Gasteiger partial charge in [0.2, 0.25) is 0 Å². The molecule has 2 unspecified atom stereocenters. The third kappa shape index (κ3) is 8.59. The number of aliphatic hydroxyl groups excluding tert-OH is 3. The fraction of sp³-hybridized carbons (Fsp3) is 0.636. The highest BCUT2D eigenvalue weighted by atomic mass is 31.2. The van der Waals surface area contributed by atoms with Crippen molar-refractivity contribution in [3.63, 3.8) is 0 Å². The Balaban J connectivity index is 0.00000162. The van der Waals surface area contributed by atoms with Crippen molar-refractivity contribution < 1.29 is 34.5 Å². The maximum atomic E-state index is 13.1. The van der Waals surface area contributed by atoms with E-state index in [1.165, 1.54) is 0 Å². The fourth-order valence-electron chi connectivity index (χ4n) is 5.12. The number of hydrogen-bond donors (Lipinski definition) is 6. The minimum atomic E-state index is -1.87. The summed E-state index contributed by atoms with van der Waals surface area (Å²) < 4.78 is 4.00. The zero-order valence-electron chi connectivity index (χ0n) is 27.7. The van der Waals surface area contributed by atoms with Gasteiger partial charge in [0.1, 0.15) is 5.60 Å². The first-order valence-electron chi connectivity index (χ1n) is 14.3. The van der Waals surface area contributed by atoms with Crippen molar-refractivity contribution >= 4 is 18.1 Å². The number of rotatable bonds is 8. The molecule has 7 nitrogen and oxygen atoms in total. The van der Waals surface area contributed by atoms with E-state index < -0.39 is 48.9 Å². The third-order valence-electron chi connectivity index (χ3n) is 7.93. The summed E-state index contributed by atoms with van der Waals surface area (Å²) in [6, 6.07) is 12.2. The van der Waals surface area contributed by atoms with Crippen molar-refractivity contribution in [3.8, 4) is 0 Å². The van der Waals surface area contributed by atoms with Crippen LogP contribution in [0.25, 0.3) is 0 Å². The summed E-state index contributed by atoms with van der Waals surface area (Å²) in [6.07, 6.45) is 0. The molecular weight excluding hydrogens is 570 g/mol. The largest absolute Gasteiger partial charge is 0.395 e. The van der Waals surface area contributed by atoms with Gasteiger partial charge in [-0.3, -0.25) is 4.31 Å². The Labute approximate surface area is 257 Å². The van der Waals surface area contributed by atoms with Gasteiger partial charge in [0.25, 0.3) is 0 Å². The number of benzene rings is 2. The quantitative estimate of drug-likeness (QED) is 0.196. The Hall–Kier alpha value is -0.980. The van der Waals surface area contributed by atoms with Gasteiger partial charge in [0, 0.05) is 0 Å². The van der Waals surface area contributed by atoms with E-state index in [-0.39, 0.29) is 21.7 Å². The first kappa shape index (κ1) is 39.0. The Kier molecular flexibility index (Phi) is 13.4. The van der Waals surface area contributed by atoms with Crippen LogP contribution in [0.4, 0.5) is 0 Å². The van der Waals surface area contributed by atoms with Crippen molar-refractivity contribution in [2.24, 2.45) is 5.41 Å². The predicted octanol–water partition coefficient (Wildman–Crippen LogP) is 6.08. The van der Waals surface area contributed by atoms with Crippen LogP contribution < -0.4 is 0 Å². The first-order chi connectivity index (χ1) is 19.0. The van der Waals surface area contributed by atoms with E-state index >= 15 is 0 Å². The van der Waals surface area contributed by atoms with Gasteiger partial charge in [-0.25, -0.2) is 0 Å². The van der Waals surface area contributed by atoms with Crippen LogP contribution in [0.5, 0.6) is 0 Å². The molecule has 42 heavy (non-hydrogen) atoms. The van der Waals surface area contributed by atoms with Crippen molar-refractivity contribution in [1.29, 1.82) is 0 Å². The molecule has 0 aliphatic carbocycles. The molecule has 0 radical (unpaired) electrons. The Bertz CT molecular complexity index is 1060. The lowest BCUT2D eigenvalue weighted by atomic mass is 9.60. The van der Waals surface area contributed by atoms with E-state index in [0.29, 0.717) is 11.1 Å². The molecular formula is C33H56O7P2. The van der Waals surface area contributed by atoms with Gasteiger partial charge in [-0.1, -0.05) is 119 Å². The van der Waals surface area contributed by atoms with Gasteiger partial charge in [0.15, 0.2) is 18.1 Å². The van der Waals surface area contributed by atoms with Crippen LogP contribution in [0, 0.1) is 5.41 Å². The molecule has 0 amide bonds. The molecule has 240 valence electrons. The smallest absolute Gasteiger partial charge is 0.158 e. The SMILES string of the molecule is CC(C)(C)c1ccc(C(O)(c2ccc(C(C)(C)C)cc2C(C)(C)C)C(CO)(CO)CO)c(C(C)(C)C)c1.OPOPO. The predicted molar refractivity (Wildman–Crippen MR) is 177 cm³/mol. The van der Waals surface area contributed by atoms with E-state index in [9.17, 15) is 20.4 Å². The Morgan fingerprint density at radius 2 is 0.833 bits per heavy atom. The zero-order chi connectivity index (χ0) is 32.9. The highest BCUT2D eigenvalue weighted by molar-refractivity contribution is 7.39. The fourth-order valence-corrected chi connectivity index (χ4v) is 5.29. The van der Waals surface area contributed by atoms with Crippen LogP contribution in [0.3, 0.4) is 0 Å². The summed E-state index contributed by atoms with van der Waals surface area (Å²) in [5, 5.41) is 45.2. The summed E-state index contributed by atoms with van der Waals surface area (Å²) in [5.41, 5.74) is 0.863. The van der Waals surface area contributed by atoms with E-state index in [4.69, 9.17) is 9.79 Å². The molecule has 2 aromatic rings. The molecule has 0 saturated carbocycles. The summed E-state index contributed by atoms with van der Waals surface area (Å²) in [6.45, 7) is 23.8. The maximum absolute atomic E-state index is 13.1. The monoisotopic (exact) mass is 626 g/mol. The lowest BCUT2D eigenvalue weighted by Crippen LogP contribution is -2.55. The van der Waals surface area contributed by atoms with E-state index in [1.54, 1.807) is 0 Å². The summed E-state index contributed by atoms with van der Waals surface area (Å²) >= 11 is 0. The molecule has 0 heterocycles. The highest BCUT2D eigenvalue weighted by Gasteiger charge is 2.55. The van der Waals surface area contributed by atoms with Crippen molar-refractivity contribution in [2.75, 3.05) is 19.8 Å². The lowest BCUT2D eigenvalue weighted by Gasteiger charge is -2.49. The van der Waals surface area contributed by atoms with E-state index in [0.717, 1.165) is 22.3 Å². The van der Waals surface area contributed by atoms with E-state index in [1.807, 2.05) is 24.3 Å². The molecule has 6 N–H and O–H groups in total. The van der Waals surface area contributed by atoms with E-state index in [2.05, 4.69) is 99.5 Å². The molecule has 0 aromatic heterocycles. The molecule has 0 spiro atoms. The average molecular weight is 627 g/mol. The Morgan fingerprint density at radius 1 is 0.524 bits per heavy atom. The molecule has 0 saturated heterocycles. The minimum absolute atomic E-state index is 0.108. The minimum Gasteiger partial charge on any atom is -0.395 e. The molecule has 2 rings (SSSR count). The molecule has 2 aromatic carbocycles. The Morgan fingerprint density at radius 3 is 1.02 bits per heavy atom. The summed E-state index contributed by atoms with van der Waals surface area (Å²) in [4.78, 5) is 15.4. The molecule has 2 atom stereocenters.